The quantitative estimate of drug-likeness (QED) is 0.667. The third kappa shape index (κ3) is 4.90. The molecule has 0 aliphatic carbocycles. The summed E-state index contributed by atoms with van der Waals surface area (Å²) in [6.45, 7) is 4.77. The number of aryl methyl sites for hydroxylation is 1. The number of hydrogen-bond acceptors (Lipinski definition) is 5. The lowest BCUT2D eigenvalue weighted by Crippen LogP contribution is -2.23. The molecule has 3 aromatic rings. The maximum Gasteiger partial charge on any atom is 0.254 e. The van der Waals surface area contributed by atoms with Crippen molar-refractivity contribution in [2.75, 3.05) is 23.3 Å². The SMILES string of the molecule is Cc1ccc(CNC(=O)c2cnc(Nc3ccc(N4CCCC4)cc3)nc2)cc1. The van der Waals surface area contributed by atoms with Crippen molar-refractivity contribution < 1.29 is 4.79 Å². The summed E-state index contributed by atoms with van der Waals surface area (Å²) < 4.78 is 0. The van der Waals surface area contributed by atoms with Crippen molar-refractivity contribution in [1.29, 1.82) is 0 Å². The zero-order chi connectivity index (χ0) is 20.1. The van der Waals surface area contributed by atoms with Gasteiger partial charge in [0.1, 0.15) is 0 Å². The number of anilines is 3. The standard InChI is InChI=1S/C23H25N5O/c1-17-4-6-18(7-5-17)14-24-22(29)19-15-25-23(26-16-19)27-20-8-10-21(11-9-20)28-12-2-3-13-28/h4-11,15-16H,2-3,12-14H2,1H3,(H,24,29)(H,25,26,27). The van der Waals surface area contributed by atoms with Crippen LogP contribution in [0, 0.1) is 6.92 Å². The summed E-state index contributed by atoms with van der Waals surface area (Å²) in [6.07, 6.45) is 5.61. The lowest BCUT2D eigenvalue weighted by molar-refractivity contribution is 0.0950. The largest absolute Gasteiger partial charge is 0.372 e. The minimum Gasteiger partial charge on any atom is -0.372 e. The Balaban J connectivity index is 1.32. The second-order valence-electron chi connectivity index (χ2n) is 7.33. The molecule has 6 nitrogen and oxygen atoms in total. The van der Waals surface area contributed by atoms with E-state index < -0.39 is 0 Å². The molecular formula is C23H25N5O. The molecule has 1 aromatic heterocycles. The molecular weight excluding hydrogens is 362 g/mol. The third-order valence-electron chi connectivity index (χ3n) is 5.08. The molecule has 148 valence electrons. The molecule has 1 fully saturated rings. The lowest BCUT2D eigenvalue weighted by Gasteiger charge is -2.17. The topological polar surface area (TPSA) is 70.2 Å². The Morgan fingerprint density at radius 3 is 2.28 bits per heavy atom. The van der Waals surface area contributed by atoms with Crippen LogP contribution in [0.1, 0.15) is 34.3 Å². The third-order valence-corrected chi connectivity index (χ3v) is 5.08. The molecule has 0 atom stereocenters. The van der Waals surface area contributed by atoms with Gasteiger partial charge in [0.2, 0.25) is 5.95 Å². The van der Waals surface area contributed by atoms with Gasteiger partial charge in [-0.25, -0.2) is 9.97 Å². The van der Waals surface area contributed by atoms with Gasteiger partial charge in [-0.2, -0.15) is 0 Å². The van der Waals surface area contributed by atoms with E-state index in [1.807, 2.05) is 43.3 Å². The van der Waals surface area contributed by atoms with Crippen molar-refractivity contribution >= 4 is 23.2 Å². The van der Waals surface area contributed by atoms with Crippen LogP contribution in [-0.2, 0) is 6.54 Å². The van der Waals surface area contributed by atoms with E-state index in [1.165, 1.54) is 24.1 Å². The molecule has 1 aliphatic heterocycles. The van der Waals surface area contributed by atoms with E-state index in [-0.39, 0.29) is 5.91 Å². The number of benzene rings is 2. The number of carbonyl (C=O) groups excluding carboxylic acids is 1. The second-order valence-corrected chi connectivity index (χ2v) is 7.33. The van der Waals surface area contributed by atoms with E-state index in [4.69, 9.17) is 0 Å². The van der Waals surface area contributed by atoms with Gasteiger partial charge in [-0.05, 0) is 49.6 Å². The van der Waals surface area contributed by atoms with Crippen LogP contribution in [0.2, 0.25) is 0 Å². The summed E-state index contributed by atoms with van der Waals surface area (Å²) in [6, 6.07) is 16.4. The summed E-state index contributed by atoms with van der Waals surface area (Å²) in [5.74, 6) is 0.279. The molecule has 29 heavy (non-hydrogen) atoms. The maximum atomic E-state index is 12.3. The minimum atomic E-state index is -0.188. The van der Waals surface area contributed by atoms with Crippen LogP contribution >= 0.6 is 0 Å². The fourth-order valence-corrected chi connectivity index (χ4v) is 3.36. The van der Waals surface area contributed by atoms with Crippen LogP contribution in [0.3, 0.4) is 0 Å². The zero-order valence-corrected chi connectivity index (χ0v) is 16.6. The van der Waals surface area contributed by atoms with Crippen LogP contribution in [0.4, 0.5) is 17.3 Å². The molecule has 1 amide bonds. The molecule has 1 aliphatic rings. The van der Waals surface area contributed by atoms with Crippen LogP contribution in [0.25, 0.3) is 0 Å². The first-order chi connectivity index (χ1) is 14.2. The number of nitrogens with zero attached hydrogens (tertiary/aromatic N) is 3. The summed E-state index contributed by atoms with van der Waals surface area (Å²) in [5.41, 5.74) is 4.86. The molecule has 0 bridgehead atoms. The van der Waals surface area contributed by atoms with E-state index in [1.54, 1.807) is 12.4 Å². The normalized spacial score (nSPS) is 13.3. The van der Waals surface area contributed by atoms with Crippen molar-refractivity contribution in [2.24, 2.45) is 0 Å². The van der Waals surface area contributed by atoms with Crippen LogP contribution in [0.5, 0.6) is 0 Å². The highest BCUT2D eigenvalue weighted by Crippen LogP contribution is 2.23. The van der Waals surface area contributed by atoms with Gasteiger partial charge >= 0.3 is 0 Å². The Bertz CT molecular complexity index is 946. The Kier molecular flexibility index (Phi) is 5.70. The molecule has 6 heteroatoms. The second kappa shape index (κ2) is 8.73. The Labute approximate surface area is 171 Å². The number of amides is 1. The van der Waals surface area contributed by atoms with Gasteiger partial charge < -0.3 is 15.5 Å². The van der Waals surface area contributed by atoms with E-state index in [2.05, 4.69) is 37.6 Å². The highest BCUT2D eigenvalue weighted by Gasteiger charge is 2.12. The average Bonchev–Trinajstić information content (AvgIpc) is 3.29. The Hall–Kier alpha value is -3.41. The van der Waals surface area contributed by atoms with E-state index in [0.717, 1.165) is 24.3 Å². The zero-order valence-electron chi connectivity index (χ0n) is 16.6. The maximum absolute atomic E-state index is 12.3. The first-order valence-corrected chi connectivity index (χ1v) is 9.95. The van der Waals surface area contributed by atoms with Gasteiger partial charge in [0.15, 0.2) is 0 Å². The summed E-state index contributed by atoms with van der Waals surface area (Å²) in [7, 11) is 0. The first kappa shape index (κ1) is 18.9. The predicted octanol–water partition coefficient (Wildman–Crippen LogP) is 4.06. The Morgan fingerprint density at radius 1 is 0.966 bits per heavy atom. The van der Waals surface area contributed by atoms with Crippen LogP contribution in [-0.4, -0.2) is 29.0 Å². The molecule has 0 saturated carbocycles. The summed E-state index contributed by atoms with van der Waals surface area (Å²) >= 11 is 0. The lowest BCUT2D eigenvalue weighted by atomic mass is 10.1. The van der Waals surface area contributed by atoms with E-state index in [9.17, 15) is 4.79 Å². The van der Waals surface area contributed by atoms with Gasteiger partial charge in [-0.1, -0.05) is 29.8 Å². The van der Waals surface area contributed by atoms with E-state index >= 15 is 0 Å². The molecule has 1 saturated heterocycles. The summed E-state index contributed by atoms with van der Waals surface area (Å²) in [4.78, 5) is 23.2. The number of aromatic nitrogens is 2. The van der Waals surface area contributed by atoms with Gasteiger partial charge in [0.05, 0.1) is 5.56 Å². The van der Waals surface area contributed by atoms with Crippen molar-refractivity contribution in [3.63, 3.8) is 0 Å². The fourth-order valence-electron chi connectivity index (χ4n) is 3.36. The van der Waals surface area contributed by atoms with Gasteiger partial charge in [0, 0.05) is 43.4 Å². The van der Waals surface area contributed by atoms with Crippen molar-refractivity contribution in [3.05, 3.63) is 77.6 Å². The summed E-state index contributed by atoms with van der Waals surface area (Å²) in [5, 5.41) is 6.07. The average molecular weight is 387 g/mol. The Morgan fingerprint density at radius 2 is 1.62 bits per heavy atom. The molecule has 0 spiro atoms. The van der Waals surface area contributed by atoms with Gasteiger partial charge in [-0.3, -0.25) is 4.79 Å². The number of hydrogen-bond donors (Lipinski definition) is 2. The highest BCUT2D eigenvalue weighted by molar-refractivity contribution is 5.93. The van der Waals surface area contributed by atoms with Crippen molar-refractivity contribution in [2.45, 2.75) is 26.3 Å². The van der Waals surface area contributed by atoms with Gasteiger partial charge in [-0.15, -0.1) is 0 Å². The van der Waals surface area contributed by atoms with Crippen LogP contribution in [0.15, 0.2) is 60.9 Å². The van der Waals surface area contributed by atoms with Gasteiger partial charge in [0.25, 0.3) is 5.91 Å². The molecule has 4 rings (SSSR count). The van der Waals surface area contributed by atoms with Crippen molar-refractivity contribution in [3.8, 4) is 0 Å². The van der Waals surface area contributed by atoms with E-state index in [0.29, 0.717) is 18.1 Å². The predicted molar refractivity (Wildman–Crippen MR) is 116 cm³/mol. The smallest absolute Gasteiger partial charge is 0.254 e. The molecule has 0 radical (unpaired) electrons. The number of nitrogens with one attached hydrogen (secondary N) is 2. The molecule has 2 aromatic carbocycles. The van der Waals surface area contributed by atoms with Crippen LogP contribution < -0.4 is 15.5 Å². The first-order valence-electron chi connectivity index (χ1n) is 9.95. The highest BCUT2D eigenvalue weighted by atomic mass is 16.1. The molecule has 0 unspecified atom stereocenters. The minimum absolute atomic E-state index is 0.188. The molecule has 2 heterocycles. The monoisotopic (exact) mass is 387 g/mol. The molecule has 2 N–H and O–H groups in total. The van der Waals surface area contributed by atoms with Crippen molar-refractivity contribution in [1.82, 2.24) is 15.3 Å². The fraction of sp³-hybridized carbons (Fsp3) is 0.261. The number of carbonyl (C=O) groups is 1. The number of rotatable bonds is 6.